The zero-order valence-electron chi connectivity index (χ0n) is 16.5. The summed E-state index contributed by atoms with van der Waals surface area (Å²) >= 11 is 0. The van der Waals surface area contributed by atoms with E-state index in [2.05, 4.69) is 10.6 Å². The van der Waals surface area contributed by atoms with Crippen LogP contribution in [0.15, 0.2) is 0 Å². The van der Waals surface area contributed by atoms with E-state index < -0.39 is 35.9 Å². The van der Waals surface area contributed by atoms with E-state index in [0.29, 0.717) is 25.8 Å². The maximum absolute atomic E-state index is 12.6. The minimum Gasteiger partial charge on any atom is -0.480 e. The minimum absolute atomic E-state index is 0.0566. The van der Waals surface area contributed by atoms with Crippen LogP contribution < -0.4 is 16.4 Å². The lowest BCUT2D eigenvalue weighted by atomic mass is 9.99. The molecular weight excluding hydrogens is 352 g/mol. The molecule has 0 aromatic carbocycles. The molecule has 9 heteroatoms. The topological polar surface area (TPSA) is 142 Å². The average Bonchev–Trinajstić information content (AvgIpc) is 3.11. The number of nitrogens with zero attached hydrogens (tertiary/aromatic N) is 1. The predicted molar refractivity (Wildman–Crippen MR) is 99.6 cm³/mol. The number of likely N-dealkylation sites (tertiary alicyclic amines) is 1. The summed E-state index contributed by atoms with van der Waals surface area (Å²) in [6, 6.07) is -2.43. The summed E-state index contributed by atoms with van der Waals surface area (Å²) in [7, 11) is 0. The van der Waals surface area contributed by atoms with E-state index in [1.54, 1.807) is 6.92 Å². The Bertz CT molecular complexity index is 566. The van der Waals surface area contributed by atoms with Crippen LogP contribution in [0.25, 0.3) is 0 Å². The molecule has 0 aromatic rings. The quantitative estimate of drug-likeness (QED) is 0.430. The second-order valence-electron chi connectivity index (χ2n) is 7.44. The lowest BCUT2D eigenvalue weighted by Crippen LogP contribution is -2.54. The fourth-order valence-corrected chi connectivity index (χ4v) is 2.96. The zero-order chi connectivity index (χ0) is 20.7. The first-order chi connectivity index (χ1) is 12.6. The van der Waals surface area contributed by atoms with Crippen LogP contribution in [0.3, 0.4) is 0 Å². The van der Waals surface area contributed by atoms with Crippen molar-refractivity contribution < 1.29 is 24.3 Å². The number of carboxylic acids is 1. The Morgan fingerprint density at radius 1 is 1.22 bits per heavy atom. The largest absolute Gasteiger partial charge is 0.480 e. The number of nitrogens with two attached hydrogens (primary N) is 1. The second kappa shape index (κ2) is 10.2. The molecule has 0 aliphatic carbocycles. The van der Waals surface area contributed by atoms with Crippen molar-refractivity contribution in [1.82, 2.24) is 15.5 Å². The van der Waals surface area contributed by atoms with Crippen LogP contribution in [0, 0.1) is 11.8 Å². The molecule has 0 radical (unpaired) electrons. The van der Waals surface area contributed by atoms with E-state index in [-0.39, 0.29) is 24.3 Å². The number of carbonyl (C=O) groups excluding carboxylic acids is 3. The van der Waals surface area contributed by atoms with Crippen LogP contribution >= 0.6 is 0 Å². The van der Waals surface area contributed by atoms with Gasteiger partial charge in [0, 0.05) is 6.54 Å². The molecule has 1 heterocycles. The number of aliphatic carboxylic acids is 1. The van der Waals surface area contributed by atoms with Crippen LogP contribution in [-0.2, 0) is 19.2 Å². The first kappa shape index (κ1) is 22.9. The molecule has 1 fully saturated rings. The highest BCUT2D eigenvalue weighted by molar-refractivity contribution is 5.93. The van der Waals surface area contributed by atoms with Crippen molar-refractivity contribution in [3.8, 4) is 0 Å². The molecule has 1 aliphatic rings. The maximum Gasteiger partial charge on any atom is 0.326 e. The highest BCUT2D eigenvalue weighted by Gasteiger charge is 2.36. The Kier molecular flexibility index (Phi) is 8.68. The van der Waals surface area contributed by atoms with Gasteiger partial charge in [0.2, 0.25) is 17.7 Å². The smallest absolute Gasteiger partial charge is 0.326 e. The van der Waals surface area contributed by atoms with Gasteiger partial charge in [-0.1, -0.05) is 34.1 Å². The third kappa shape index (κ3) is 6.20. The highest BCUT2D eigenvalue weighted by atomic mass is 16.4. The van der Waals surface area contributed by atoms with Gasteiger partial charge in [-0.2, -0.15) is 0 Å². The Balaban J connectivity index is 2.68. The molecule has 9 nitrogen and oxygen atoms in total. The Labute approximate surface area is 160 Å². The van der Waals surface area contributed by atoms with E-state index in [1.165, 1.54) is 4.90 Å². The van der Waals surface area contributed by atoms with Gasteiger partial charge >= 0.3 is 5.97 Å². The standard InChI is InChI=1S/C18H32N4O5/c1-5-11(4)15(18(26)27)21-16(24)12-7-6-8-22(12)13(23)9-20-17(25)14(19)10(2)3/h10-12,14-15H,5-9,19H2,1-4H3,(H,20,25)(H,21,24)(H,26,27). The summed E-state index contributed by atoms with van der Waals surface area (Å²) in [4.78, 5) is 49.7. The Hall–Kier alpha value is -2.16. The normalized spacial score (nSPS) is 20.1. The van der Waals surface area contributed by atoms with Gasteiger partial charge < -0.3 is 26.4 Å². The molecule has 0 bridgehead atoms. The van der Waals surface area contributed by atoms with E-state index in [4.69, 9.17) is 5.73 Å². The molecule has 4 atom stereocenters. The van der Waals surface area contributed by atoms with Crippen molar-refractivity contribution in [2.45, 2.75) is 65.1 Å². The number of carboxylic acid groups (broad SMARTS) is 1. The maximum atomic E-state index is 12.6. The summed E-state index contributed by atoms with van der Waals surface area (Å²) in [6.07, 6.45) is 1.71. The Morgan fingerprint density at radius 2 is 1.85 bits per heavy atom. The third-order valence-corrected chi connectivity index (χ3v) is 5.09. The lowest BCUT2D eigenvalue weighted by molar-refractivity contribution is -0.145. The zero-order valence-corrected chi connectivity index (χ0v) is 16.5. The molecule has 1 aliphatic heterocycles. The molecule has 1 saturated heterocycles. The molecular formula is C18H32N4O5. The fraction of sp³-hybridized carbons (Fsp3) is 0.778. The minimum atomic E-state index is -1.09. The predicted octanol–water partition coefficient (Wildman–Crippen LogP) is -0.308. The van der Waals surface area contributed by atoms with Gasteiger partial charge in [-0.15, -0.1) is 0 Å². The number of hydrogen-bond donors (Lipinski definition) is 4. The number of rotatable bonds is 9. The molecule has 4 unspecified atom stereocenters. The lowest BCUT2D eigenvalue weighted by Gasteiger charge is -2.27. The molecule has 5 N–H and O–H groups in total. The van der Waals surface area contributed by atoms with Gasteiger partial charge in [0.1, 0.15) is 12.1 Å². The van der Waals surface area contributed by atoms with E-state index in [0.717, 1.165) is 0 Å². The van der Waals surface area contributed by atoms with Gasteiger partial charge in [-0.05, 0) is 24.7 Å². The molecule has 0 aromatic heterocycles. The molecule has 1 rings (SSSR count). The average molecular weight is 384 g/mol. The van der Waals surface area contributed by atoms with Crippen molar-refractivity contribution in [3.63, 3.8) is 0 Å². The van der Waals surface area contributed by atoms with Crippen LogP contribution in [-0.4, -0.2) is 64.9 Å². The van der Waals surface area contributed by atoms with Gasteiger partial charge in [-0.3, -0.25) is 14.4 Å². The van der Waals surface area contributed by atoms with E-state index in [1.807, 2.05) is 20.8 Å². The molecule has 154 valence electrons. The summed E-state index contributed by atoms with van der Waals surface area (Å²) in [5.41, 5.74) is 5.74. The SMILES string of the molecule is CCC(C)C(NC(=O)C1CCCN1C(=O)CNC(=O)C(N)C(C)C)C(=O)O. The van der Waals surface area contributed by atoms with Gasteiger partial charge in [-0.25, -0.2) is 4.79 Å². The number of nitrogens with one attached hydrogen (secondary N) is 2. The Morgan fingerprint density at radius 3 is 2.37 bits per heavy atom. The van der Waals surface area contributed by atoms with Crippen LogP contribution in [0.4, 0.5) is 0 Å². The van der Waals surface area contributed by atoms with E-state index >= 15 is 0 Å². The van der Waals surface area contributed by atoms with Gasteiger partial charge in [0.25, 0.3) is 0 Å². The summed E-state index contributed by atoms with van der Waals surface area (Å²) in [5, 5.41) is 14.4. The van der Waals surface area contributed by atoms with E-state index in [9.17, 15) is 24.3 Å². The first-order valence-electron chi connectivity index (χ1n) is 9.46. The molecule has 27 heavy (non-hydrogen) atoms. The van der Waals surface area contributed by atoms with Gasteiger partial charge in [0.15, 0.2) is 0 Å². The van der Waals surface area contributed by atoms with Crippen molar-refractivity contribution in [2.24, 2.45) is 17.6 Å². The summed E-state index contributed by atoms with van der Waals surface area (Å²) in [5.74, 6) is -2.65. The van der Waals surface area contributed by atoms with Crippen molar-refractivity contribution in [2.75, 3.05) is 13.1 Å². The van der Waals surface area contributed by atoms with Crippen LogP contribution in [0.5, 0.6) is 0 Å². The molecule has 0 spiro atoms. The van der Waals surface area contributed by atoms with Crippen molar-refractivity contribution in [1.29, 1.82) is 0 Å². The number of carbonyl (C=O) groups is 4. The molecule has 0 saturated carbocycles. The third-order valence-electron chi connectivity index (χ3n) is 5.09. The fourth-order valence-electron chi connectivity index (χ4n) is 2.96. The number of hydrogen-bond acceptors (Lipinski definition) is 5. The van der Waals surface area contributed by atoms with Crippen molar-refractivity contribution in [3.05, 3.63) is 0 Å². The first-order valence-corrected chi connectivity index (χ1v) is 9.46. The van der Waals surface area contributed by atoms with Crippen molar-refractivity contribution >= 4 is 23.7 Å². The monoisotopic (exact) mass is 384 g/mol. The number of amides is 3. The summed E-state index contributed by atoms with van der Waals surface area (Å²) in [6.45, 7) is 7.37. The van der Waals surface area contributed by atoms with Crippen LogP contribution in [0.1, 0.15) is 47.0 Å². The molecule has 3 amide bonds. The summed E-state index contributed by atoms with van der Waals surface area (Å²) < 4.78 is 0. The second-order valence-corrected chi connectivity index (χ2v) is 7.44. The van der Waals surface area contributed by atoms with Gasteiger partial charge in [0.05, 0.1) is 12.6 Å². The highest BCUT2D eigenvalue weighted by Crippen LogP contribution is 2.18. The van der Waals surface area contributed by atoms with Crippen LogP contribution in [0.2, 0.25) is 0 Å².